The molecule has 0 bridgehead atoms. The number of thiol groups is 1. The standard InChI is InChI=1S/C14H15BrN6O2.C14H16N6O2.C4H8O.CH4.BHNS.H2/c1-20(2)12(22)8-23-11-4-3-9(6-18-11)7-21-13(17)10(5-16)19-14(21)15;1-19(2)13(21)8-22-12-4-3-10(6-17-12)7-20-9-18-11(5-15)14(20)16;1-2-4-5-3-1;;1-2-3;/h3-4,6H,7-8,17H2,1-2H3;3-4,6,9H,7-8,16H2,1-2H3;1-4H2;1H4;3H;1H. The number of imidazole rings is 2. The molecule has 1 radical (unpaired) electrons. The summed E-state index contributed by atoms with van der Waals surface area (Å²) in [5, 5.41) is 17.7. The fourth-order valence-electron chi connectivity index (χ4n) is 3.87. The van der Waals surface area contributed by atoms with Crippen LogP contribution in [0.25, 0.3) is 0 Å². The van der Waals surface area contributed by atoms with Crippen LogP contribution in [-0.2, 0) is 27.4 Å². The number of amides is 2. The second-order valence-electron chi connectivity index (χ2n) is 11.1. The van der Waals surface area contributed by atoms with Gasteiger partial charge in [-0.25, -0.2) is 19.9 Å². The first-order valence-corrected chi connectivity index (χ1v) is 16.8. The van der Waals surface area contributed by atoms with Gasteiger partial charge >= 0.3 is 24.8 Å². The summed E-state index contributed by atoms with van der Waals surface area (Å²) in [6.07, 6.45) is 7.31. The van der Waals surface area contributed by atoms with Gasteiger partial charge in [0.25, 0.3) is 11.8 Å². The van der Waals surface area contributed by atoms with Gasteiger partial charge in [0, 0.05) is 67.4 Å². The summed E-state index contributed by atoms with van der Waals surface area (Å²) in [7, 11) is 11.0. The largest absolute Gasteiger partial charge is 0 e. The van der Waals surface area contributed by atoms with Gasteiger partial charge in [-0.15, -0.1) is 0 Å². The van der Waals surface area contributed by atoms with Crippen molar-refractivity contribution >= 4 is 59.8 Å². The van der Waals surface area contributed by atoms with Crippen LogP contribution in [0.3, 0.4) is 0 Å². The molecule has 0 unspecified atom stereocenters. The fraction of sp³-hybridized carbons (Fsp3) is 0.394. The number of aromatic nitrogens is 6. The molecule has 4 N–H and O–H groups in total. The van der Waals surface area contributed by atoms with Crippen molar-refractivity contribution in [2.24, 2.45) is 4.30 Å². The molecule has 0 spiro atoms. The third kappa shape index (κ3) is 15.6. The molecule has 4 aromatic rings. The van der Waals surface area contributed by atoms with Gasteiger partial charge in [-0.1, -0.05) is 19.6 Å². The molecule has 0 saturated carbocycles. The van der Waals surface area contributed by atoms with Crippen LogP contribution in [0.5, 0.6) is 11.8 Å². The molecule has 21 heteroatoms. The van der Waals surface area contributed by atoms with Crippen molar-refractivity contribution in [1.82, 2.24) is 38.9 Å². The third-order valence-corrected chi connectivity index (χ3v) is 7.46. The van der Waals surface area contributed by atoms with E-state index in [0.29, 0.717) is 35.4 Å². The van der Waals surface area contributed by atoms with E-state index in [0.717, 1.165) is 24.3 Å². The second-order valence-corrected chi connectivity index (χ2v) is 12.1. The summed E-state index contributed by atoms with van der Waals surface area (Å²) < 4.78 is 22.0. The fourth-order valence-corrected chi connectivity index (χ4v) is 4.37. The molecular weight excluding hydrogens is 781 g/mol. The predicted molar refractivity (Wildman–Crippen MR) is 212 cm³/mol. The molecular formula is C33H46BBrN13O5S. The zero-order valence-electron chi connectivity index (χ0n) is 29.7. The smallest absolute Gasteiger partial charge is 0 e. The number of carbonyl (C=O) groups is 2. The molecule has 1 saturated heterocycles. The van der Waals surface area contributed by atoms with Gasteiger partial charge in [0.15, 0.2) is 29.3 Å². The Hall–Kier alpha value is -5.51. The van der Waals surface area contributed by atoms with Crippen LogP contribution in [0.4, 0.5) is 11.6 Å². The first-order chi connectivity index (χ1) is 25.3. The van der Waals surface area contributed by atoms with Crippen LogP contribution in [0.1, 0.15) is 44.2 Å². The molecule has 1 fully saturated rings. The molecule has 0 aromatic carbocycles. The Morgan fingerprint density at radius 3 is 1.76 bits per heavy atom. The van der Waals surface area contributed by atoms with Gasteiger partial charge in [-0.05, 0) is 39.9 Å². The Morgan fingerprint density at radius 2 is 1.41 bits per heavy atom. The number of rotatable bonds is 10. The number of likely N-dealkylation sites (N-methyl/N-ethyl adjacent to an activating group) is 2. The number of anilines is 2. The third-order valence-electron chi connectivity index (χ3n) is 6.85. The second kappa shape index (κ2) is 24.7. The van der Waals surface area contributed by atoms with E-state index in [2.05, 4.69) is 60.6 Å². The van der Waals surface area contributed by atoms with Crippen molar-refractivity contribution in [3.05, 3.63) is 70.2 Å². The van der Waals surface area contributed by atoms with Crippen LogP contribution in [0.15, 0.2) is 52.0 Å². The topological polar surface area (TPSA) is 242 Å². The molecule has 2 amide bonds. The van der Waals surface area contributed by atoms with Crippen LogP contribution >= 0.6 is 28.7 Å². The number of carbonyl (C=O) groups excluding carboxylic acids is 2. The van der Waals surface area contributed by atoms with Crippen LogP contribution in [-0.4, -0.2) is 113 Å². The molecule has 5 heterocycles. The van der Waals surface area contributed by atoms with Gasteiger partial charge in [0.2, 0.25) is 11.8 Å². The van der Waals surface area contributed by atoms with E-state index in [1.54, 1.807) is 67.9 Å². The molecule has 18 nitrogen and oxygen atoms in total. The first-order valence-electron chi connectivity index (χ1n) is 15.6. The normalized spacial score (nSPS) is 10.9. The van der Waals surface area contributed by atoms with Gasteiger partial charge in [0.05, 0.1) is 19.4 Å². The van der Waals surface area contributed by atoms with Gasteiger partial charge in [0.1, 0.15) is 23.8 Å². The Morgan fingerprint density at radius 1 is 0.926 bits per heavy atom. The molecule has 1 aliphatic rings. The average molecular weight is 828 g/mol. The summed E-state index contributed by atoms with van der Waals surface area (Å²) in [4.78, 5) is 41.9. The number of ether oxygens (including phenoxy) is 3. The van der Waals surface area contributed by atoms with Crippen molar-refractivity contribution in [3.8, 4) is 23.9 Å². The van der Waals surface area contributed by atoms with E-state index in [1.807, 2.05) is 18.2 Å². The Balaban J connectivity index is 0.000000856. The predicted octanol–water partition coefficient (Wildman–Crippen LogP) is 3.12. The number of hydrogen-bond donors (Lipinski definition) is 3. The minimum Gasteiger partial charge on any atom is 0 e. The maximum atomic E-state index is 11.4. The Labute approximate surface area is 331 Å². The number of pyridine rings is 2. The number of nitrogens with zero attached hydrogens (tertiary/aromatic N) is 11. The SMILES string of the molecule is C.C1CCOC1.CN(C)C(=O)COc1ccc(Cn2c(Br)nc(C#N)c2N)cn1.CN(C)C(=O)COc1ccc(Cn2cnc(C#N)c2N)cn1.[B]=NS.[HH]. The quantitative estimate of drug-likeness (QED) is 0.154. The minimum atomic E-state index is -0.143. The molecule has 0 aliphatic carbocycles. The molecule has 0 atom stereocenters. The maximum Gasteiger partial charge on any atom is 0 e. The summed E-state index contributed by atoms with van der Waals surface area (Å²) in [6.45, 7) is 2.74. The first kappa shape index (κ1) is 46.5. The number of nitrogen functional groups attached to an aromatic ring is 2. The number of halogens is 1. The van der Waals surface area contributed by atoms with E-state index < -0.39 is 0 Å². The van der Waals surface area contributed by atoms with Gasteiger partial charge in [-0.2, -0.15) is 10.5 Å². The molecule has 54 heavy (non-hydrogen) atoms. The number of nitrogens with two attached hydrogens (primary N) is 2. The van der Waals surface area contributed by atoms with Crippen LogP contribution < -0.4 is 20.9 Å². The van der Waals surface area contributed by atoms with Gasteiger partial charge in [-0.3, -0.25) is 9.59 Å². The van der Waals surface area contributed by atoms with E-state index in [-0.39, 0.29) is 51.1 Å². The number of hydrogen-bond acceptors (Lipinski definition) is 15. The van der Waals surface area contributed by atoms with E-state index in [9.17, 15) is 9.59 Å². The minimum absolute atomic E-state index is 0. The summed E-state index contributed by atoms with van der Waals surface area (Å²) >= 11 is 6.46. The Bertz CT molecular complexity index is 1850. The number of nitriles is 2. The van der Waals surface area contributed by atoms with Crippen molar-refractivity contribution in [1.29, 1.82) is 10.5 Å². The van der Waals surface area contributed by atoms with E-state index in [4.69, 9.17) is 36.2 Å². The van der Waals surface area contributed by atoms with Crippen molar-refractivity contribution in [3.63, 3.8) is 0 Å². The average Bonchev–Trinajstić information content (AvgIpc) is 3.91. The molecule has 4 aromatic heterocycles. The van der Waals surface area contributed by atoms with Crippen molar-refractivity contribution in [2.75, 3.05) is 66.1 Å². The van der Waals surface area contributed by atoms with Crippen molar-refractivity contribution in [2.45, 2.75) is 33.4 Å². The van der Waals surface area contributed by atoms with Crippen LogP contribution in [0.2, 0.25) is 0 Å². The van der Waals surface area contributed by atoms with Gasteiger partial charge < -0.3 is 44.6 Å². The summed E-state index contributed by atoms with van der Waals surface area (Å²) in [6, 6.07) is 10.8. The van der Waals surface area contributed by atoms with Crippen molar-refractivity contribution < 1.29 is 25.2 Å². The Kier molecular flexibility index (Phi) is 21.3. The van der Waals surface area contributed by atoms with E-state index >= 15 is 0 Å². The molecule has 1 aliphatic heterocycles. The maximum absolute atomic E-state index is 11.4. The molecule has 5 rings (SSSR count). The summed E-state index contributed by atoms with van der Waals surface area (Å²) in [5.74, 6) is 1.06. The molecule has 289 valence electrons. The monoisotopic (exact) mass is 826 g/mol. The van der Waals surface area contributed by atoms with Crippen LogP contribution in [0, 0.1) is 22.7 Å². The zero-order chi connectivity index (χ0) is 39.3. The summed E-state index contributed by atoms with van der Waals surface area (Å²) in [5.41, 5.74) is 13.8. The van der Waals surface area contributed by atoms with E-state index in [1.165, 1.54) is 29.0 Å². The zero-order valence-corrected chi connectivity index (χ0v) is 32.2.